The van der Waals surface area contributed by atoms with E-state index in [-0.39, 0.29) is 43.1 Å². The van der Waals surface area contributed by atoms with Crippen LogP contribution in [0.5, 0.6) is 0 Å². The lowest BCUT2D eigenvalue weighted by atomic mass is 10.2. The van der Waals surface area contributed by atoms with Crippen LogP contribution in [0.3, 0.4) is 0 Å². The molecule has 7 nitrogen and oxygen atoms in total. The quantitative estimate of drug-likeness (QED) is 0.770. The van der Waals surface area contributed by atoms with E-state index in [1.807, 2.05) is 68.4 Å². The lowest BCUT2D eigenvalue weighted by molar-refractivity contribution is -0.135. The van der Waals surface area contributed by atoms with Crippen molar-refractivity contribution in [3.05, 3.63) is 30.1 Å². The van der Waals surface area contributed by atoms with Crippen LogP contribution in [0.25, 0.3) is 11.0 Å². The van der Waals surface area contributed by atoms with Crippen LogP contribution in [0.1, 0.15) is 46.5 Å². The average Bonchev–Trinajstić information content (AvgIpc) is 2.93. The Kier molecular flexibility index (Phi) is 6.96. The van der Waals surface area contributed by atoms with E-state index in [1.165, 1.54) is 7.11 Å². The normalized spacial score (nSPS) is 12.6. The lowest BCUT2D eigenvalue weighted by Gasteiger charge is -2.31. The van der Waals surface area contributed by atoms with E-state index < -0.39 is 0 Å². The zero-order chi connectivity index (χ0) is 20.1. The maximum Gasteiger partial charge on any atom is 0.246 e. The van der Waals surface area contributed by atoms with Gasteiger partial charge in [-0.25, -0.2) is 4.98 Å². The summed E-state index contributed by atoms with van der Waals surface area (Å²) in [5, 5.41) is 2.87. The van der Waals surface area contributed by atoms with Gasteiger partial charge in [-0.05, 0) is 46.8 Å². The van der Waals surface area contributed by atoms with Gasteiger partial charge in [0.1, 0.15) is 19.0 Å². The first-order chi connectivity index (χ1) is 12.8. The SMILES string of the molecule is COCC(=O)NC(C)c1nc2ccccc2n1CC(=O)N(C(C)C)C(C)C. The number of para-hydroxylation sites is 2. The van der Waals surface area contributed by atoms with E-state index in [4.69, 9.17) is 4.74 Å². The Hall–Kier alpha value is -2.41. The van der Waals surface area contributed by atoms with Crippen molar-refractivity contribution in [2.75, 3.05) is 13.7 Å². The number of fused-ring (bicyclic) bond motifs is 1. The van der Waals surface area contributed by atoms with Crippen LogP contribution in [-0.2, 0) is 20.9 Å². The molecule has 1 N–H and O–H groups in total. The molecule has 0 saturated heterocycles. The molecule has 1 unspecified atom stereocenters. The van der Waals surface area contributed by atoms with Crippen LogP contribution in [0.2, 0.25) is 0 Å². The second kappa shape index (κ2) is 8.99. The first-order valence-electron chi connectivity index (χ1n) is 9.30. The number of hydrogen-bond acceptors (Lipinski definition) is 4. The summed E-state index contributed by atoms with van der Waals surface area (Å²) in [5.74, 6) is 0.460. The largest absolute Gasteiger partial charge is 0.375 e. The smallest absolute Gasteiger partial charge is 0.246 e. The third-order valence-electron chi connectivity index (χ3n) is 4.42. The fourth-order valence-electron chi connectivity index (χ4n) is 3.46. The molecule has 1 aromatic heterocycles. The Labute approximate surface area is 160 Å². The van der Waals surface area contributed by atoms with E-state index in [2.05, 4.69) is 10.3 Å². The van der Waals surface area contributed by atoms with Gasteiger partial charge >= 0.3 is 0 Å². The van der Waals surface area contributed by atoms with Gasteiger partial charge in [0.25, 0.3) is 0 Å². The van der Waals surface area contributed by atoms with Crippen LogP contribution < -0.4 is 5.32 Å². The van der Waals surface area contributed by atoms with Crippen molar-refractivity contribution in [1.29, 1.82) is 0 Å². The van der Waals surface area contributed by atoms with Gasteiger partial charge in [-0.1, -0.05) is 12.1 Å². The summed E-state index contributed by atoms with van der Waals surface area (Å²) < 4.78 is 6.77. The molecule has 1 aromatic carbocycles. The first kappa shape index (κ1) is 20.9. The van der Waals surface area contributed by atoms with E-state index in [1.54, 1.807) is 0 Å². The van der Waals surface area contributed by atoms with Crippen molar-refractivity contribution < 1.29 is 14.3 Å². The van der Waals surface area contributed by atoms with Gasteiger partial charge < -0.3 is 19.5 Å². The predicted octanol–water partition coefficient (Wildman–Crippen LogP) is 2.51. The van der Waals surface area contributed by atoms with Crippen molar-refractivity contribution in [3.63, 3.8) is 0 Å². The topological polar surface area (TPSA) is 76.5 Å². The molecule has 0 fully saturated rings. The Morgan fingerprint density at radius 1 is 1.15 bits per heavy atom. The minimum Gasteiger partial charge on any atom is -0.375 e. The number of rotatable bonds is 8. The molecule has 0 bridgehead atoms. The number of amides is 2. The summed E-state index contributed by atoms with van der Waals surface area (Å²) in [6, 6.07) is 7.55. The second-order valence-corrected chi connectivity index (χ2v) is 7.26. The molecule has 0 aliphatic rings. The number of nitrogens with zero attached hydrogens (tertiary/aromatic N) is 3. The molecular weight excluding hydrogens is 344 g/mol. The van der Waals surface area contributed by atoms with Gasteiger partial charge in [-0.15, -0.1) is 0 Å². The highest BCUT2D eigenvalue weighted by Gasteiger charge is 2.24. The van der Waals surface area contributed by atoms with Crippen molar-refractivity contribution in [2.24, 2.45) is 0 Å². The molecule has 2 rings (SSSR count). The molecular formula is C20H30N4O3. The van der Waals surface area contributed by atoms with Gasteiger partial charge in [-0.3, -0.25) is 9.59 Å². The van der Waals surface area contributed by atoms with Crippen LogP contribution in [0.4, 0.5) is 0 Å². The first-order valence-corrected chi connectivity index (χ1v) is 9.30. The lowest BCUT2D eigenvalue weighted by Crippen LogP contribution is -2.44. The maximum atomic E-state index is 13.0. The minimum atomic E-state index is -0.348. The molecule has 1 heterocycles. The van der Waals surface area contributed by atoms with Gasteiger partial charge in [0.15, 0.2) is 0 Å². The number of aromatic nitrogens is 2. The third-order valence-corrected chi connectivity index (χ3v) is 4.42. The summed E-state index contributed by atoms with van der Waals surface area (Å²) in [6.07, 6.45) is 0. The van der Waals surface area contributed by atoms with Gasteiger partial charge in [0, 0.05) is 19.2 Å². The molecule has 0 spiro atoms. The summed E-state index contributed by atoms with van der Waals surface area (Å²) in [4.78, 5) is 31.5. The Morgan fingerprint density at radius 3 is 2.37 bits per heavy atom. The van der Waals surface area contributed by atoms with Crippen molar-refractivity contribution in [3.8, 4) is 0 Å². The molecule has 148 valence electrons. The number of hydrogen-bond donors (Lipinski definition) is 1. The summed E-state index contributed by atoms with van der Waals surface area (Å²) in [5.41, 5.74) is 1.68. The summed E-state index contributed by atoms with van der Waals surface area (Å²) in [7, 11) is 1.48. The molecule has 0 saturated carbocycles. The molecule has 0 radical (unpaired) electrons. The zero-order valence-electron chi connectivity index (χ0n) is 17.0. The standard InChI is InChI=1S/C20H30N4O3/c1-13(2)24(14(3)4)19(26)11-23-17-10-8-7-9-16(17)22-20(23)15(5)21-18(25)12-27-6/h7-10,13-15H,11-12H2,1-6H3,(H,21,25). The molecule has 2 amide bonds. The van der Waals surface area contributed by atoms with Crippen LogP contribution in [-0.4, -0.2) is 52.1 Å². The Bertz CT molecular complexity index is 790. The molecule has 0 aliphatic carbocycles. The number of imidazole rings is 1. The molecule has 1 atom stereocenters. The van der Waals surface area contributed by atoms with Crippen molar-refractivity contribution in [1.82, 2.24) is 19.8 Å². The van der Waals surface area contributed by atoms with Crippen molar-refractivity contribution in [2.45, 2.75) is 59.3 Å². The van der Waals surface area contributed by atoms with E-state index in [9.17, 15) is 9.59 Å². The predicted molar refractivity (Wildman–Crippen MR) is 105 cm³/mol. The van der Waals surface area contributed by atoms with Crippen molar-refractivity contribution >= 4 is 22.8 Å². The minimum absolute atomic E-state index is 0.0159. The van der Waals surface area contributed by atoms with Crippen LogP contribution in [0.15, 0.2) is 24.3 Å². The number of benzene rings is 1. The summed E-state index contributed by atoms with van der Waals surface area (Å²) >= 11 is 0. The number of ether oxygens (including phenoxy) is 1. The monoisotopic (exact) mass is 374 g/mol. The Morgan fingerprint density at radius 2 is 1.78 bits per heavy atom. The number of methoxy groups -OCH3 is 1. The molecule has 2 aromatic rings. The van der Waals surface area contributed by atoms with Gasteiger partial charge in [0.05, 0.1) is 17.1 Å². The highest BCUT2D eigenvalue weighted by atomic mass is 16.5. The fraction of sp³-hybridized carbons (Fsp3) is 0.550. The van der Waals surface area contributed by atoms with E-state index in [0.29, 0.717) is 5.82 Å². The Balaban J connectivity index is 2.39. The molecule has 27 heavy (non-hydrogen) atoms. The zero-order valence-corrected chi connectivity index (χ0v) is 17.0. The highest BCUT2D eigenvalue weighted by Crippen LogP contribution is 2.21. The highest BCUT2D eigenvalue weighted by molar-refractivity contribution is 5.82. The maximum absolute atomic E-state index is 13.0. The fourth-order valence-corrected chi connectivity index (χ4v) is 3.46. The number of nitrogens with one attached hydrogen (secondary N) is 1. The third kappa shape index (κ3) is 4.86. The van der Waals surface area contributed by atoms with Crippen LogP contribution in [0, 0.1) is 0 Å². The molecule has 0 aliphatic heterocycles. The van der Waals surface area contributed by atoms with E-state index in [0.717, 1.165) is 11.0 Å². The number of carbonyl (C=O) groups is 2. The molecule has 7 heteroatoms. The van der Waals surface area contributed by atoms with E-state index >= 15 is 0 Å². The average molecular weight is 374 g/mol. The van der Waals surface area contributed by atoms with Gasteiger partial charge in [0.2, 0.25) is 11.8 Å². The second-order valence-electron chi connectivity index (χ2n) is 7.26. The summed E-state index contributed by atoms with van der Waals surface area (Å²) in [6.45, 7) is 10.1. The van der Waals surface area contributed by atoms with Gasteiger partial charge in [-0.2, -0.15) is 0 Å². The number of carbonyl (C=O) groups excluding carboxylic acids is 2. The van der Waals surface area contributed by atoms with Crippen LogP contribution >= 0.6 is 0 Å².